The van der Waals surface area contributed by atoms with Crippen molar-refractivity contribution in [3.05, 3.63) is 35.4 Å². The molecule has 4 nitrogen and oxygen atoms in total. The first-order valence-electron chi connectivity index (χ1n) is 7.25. The SMILES string of the molecule is COC(=O)c1ccc(CNCCCOCC2CC2)cc1. The highest BCUT2D eigenvalue weighted by molar-refractivity contribution is 5.89. The Labute approximate surface area is 120 Å². The molecular weight excluding hydrogens is 254 g/mol. The van der Waals surface area contributed by atoms with E-state index in [1.54, 1.807) is 12.1 Å². The first kappa shape index (κ1) is 15.0. The summed E-state index contributed by atoms with van der Waals surface area (Å²) in [6.45, 7) is 3.53. The van der Waals surface area contributed by atoms with Gasteiger partial charge in [-0.3, -0.25) is 0 Å². The summed E-state index contributed by atoms with van der Waals surface area (Å²) in [7, 11) is 1.39. The van der Waals surface area contributed by atoms with Gasteiger partial charge >= 0.3 is 5.97 Å². The van der Waals surface area contributed by atoms with Crippen LogP contribution in [0.2, 0.25) is 0 Å². The molecule has 20 heavy (non-hydrogen) atoms. The first-order valence-corrected chi connectivity index (χ1v) is 7.25. The maximum atomic E-state index is 11.3. The lowest BCUT2D eigenvalue weighted by atomic mass is 10.1. The zero-order valence-corrected chi connectivity index (χ0v) is 12.1. The molecule has 1 aliphatic carbocycles. The largest absolute Gasteiger partial charge is 0.465 e. The highest BCUT2D eigenvalue weighted by Gasteiger charge is 2.20. The van der Waals surface area contributed by atoms with Crippen molar-refractivity contribution >= 4 is 5.97 Å². The summed E-state index contributed by atoms with van der Waals surface area (Å²) in [6, 6.07) is 7.48. The van der Waals surface area contributed by atoms with Crippen molar-refractivity contribution in [1.29, 1.82) is 0 Å². The van der Waals surface area contributed by atoms with Crippen molar-refractivity contribution in [3.8, 4) is 0 Å². The third kappa shape index (κ3) is 5.31. The molecule has 0 saturated heterocycles. The van der Waals surface area contributed by atoms with Crippen LogP contribution < -0.4 is 5.32 Å². The summed E-state index contributed by atoms with van der Waals surface area (Å²) >= 11 is 0. The smallest absolute Gasteiger partial charge is 0.337 e. The van der Waals surface area contributed by atoms with Gasteiger partial charge in [-0.15, -0.1) is 0 Å². The van der Waals surface area contributed by atoms with Crippen molar-refractivity contribution < 1.29 is 14.3 Å². The van der Waals surface area contributed by atoms with Crippen LogP contribution in [-0.4, -0.2) is 32.8 Å². The molecule has 0 unspecified atom stereocenters. The molecule has 0 radical (unpaired) electrons. The van der Waals surface area contributed by atoms with E-state index in [1.807, 2.05) is 12.1 Å². The second kappa shape index (κ2) is 8.02. The lowest BCUT2D eigenvalue weighted by Crippen LogP contribution is -2.16. The average molecular weight is 277 g/mol. The molecule has 1 N–H and O–H groups in total. The molecular formula is C16H23NO3. The Morgan fingerprint density at radius 3 is 2.70 bits per heavy atom. The highest BCUT2D eigenvalue weighted by atomic mass is 16.5. The molecule has 1 aliphatic rings. The number of carbonyl (C=O) groups is 1. The number of ether oxygens (including phenoxy) is 2. The number of rotatable bonds is 9. The van der Waals surface area contributed by atoms with Gasteiger partial charge in [0.1, 0.15) is 0 Å². The molecule has 0 atom stereocenters. The number of benzene rings is 1. The molecule has 0 aliphatic heterocycles. The van der Waals surface area contributed by atoms with E-state index in [-0.39, 0.29) is 5.97 Å². The average Bonchev–Trinajstić information content (AvgIpc) is 3.30. The van der Waals surface area contributed by atoms with Crippen molar-refractivity contribution in [2.24, 2.45) is 5.92 Å². The van der Waals surface area contributed by atoms with Crippen LogP contribution in [0.4, 0.5) is 0 Å². The fraction of sp³-hybridized carbons (Fsp3) is 0.562. The molecule has 2 rings (SSSR count). The fourth-order valence-corrected chi connectivity index (χ4v) is 1.94. The van der Waals surface area contributed by atoms with Crippen molar-refractivity contribution in [1.82, 2.24) is 5.32 Å². The summed E-state index contributed by atoms with van der Waals surface area (Å²) in [6.07, 6.45) is 3.73. The third-order valence-corrected chi connectivity index (χ3v) is 3.40. The van der Waals surface area contributed by atoms with Crippen LogP contribution in [0.5, 0.6) is 0 Å². The predicted octanol–water partition coefficient (Wildman–Crippen LogP) is 2.38. The molecule has 0 aromatic heterocycles. The number of esters is 1. The summed E-state index contributed by atoms with van der Waals surface area (Å²) < 4.78 is 10.2. The van der Waals surface area contributed by atoms with Crippen LogP contribution in [-0.2, 0) is 16.0 Å². The number of carbonyl (C=O) groups excluding carboxylic acids is 1. The van der Waals surface area contributed by atoms with E-state index in [2.05, 4.69) is 10.1 Å². The minimum atomic E-state index is -0.294. The molecule has 0 heterocycles. The third-order valence-electron chi connectivity index (χ3n) is 3.40. The quantitative estimate of drug-likeness (QED) is 0.556. The monoisotopic (exact) mass is 277 g/mol. The maximum absolute atomic E-state index is 11.3. The molecule has 0 spiro atoms. The Balaban J connectivity index is 1.55. The van der Waals surface area contributed by atoms with Gasteiger partial charge in [-0.05, 0) is 49.4 Å². The molecule has 1 saturated carbocycles. The van der Waals surface area contributed by atoms with E-state index in [9.17, 15) is 4.79 Å². The minimum absolute atomic E-state index is 0.294. The van der Waals surface area contributed by atoms with Crippen LogP contribution in [0.15, 0.2) is 24.3 Å². The first-order chi connectivity index (χ1) is 9.79. The van der Waals surface area contributed by atoms with Crippen LogP contribution >= 0.6 is 0 Å². The molecule has 4 heteroatoms. The Hall–Kier alpha value is -1.39. The van der Waals surface area contributed by atoms with Crippen molar-refractivity contribution in [2.75, 3.05) is 26.9 Å². The summed E-state index contributed by atoms with van der Waals surface area (Å²) in [5, 5.41) is 3.37. The van der Waals surface area contributed by atoms with Gasteiger partial charge in [-0.2, -0.15) is 0 Å². The second-order valence-electron chi connectivity index (χ2n) is 5.24. The normalized spacial score (nSPS) is 14.2. The number of hydrogen-bond donors (Lipinski definition) is 1. The van der Waals surface area contributed by atoms with E-state index in [4.69, 9.17) is 4.74 Å². The second-order valence-corrected chi connectivity index (χ2v) is 5.24. The van der Waals surface area contributed by atoms with Crippen LogP contribution in [0.1, 0.15) is 35.2 Å². The molecule has 0 bridgehead atoms. The van der Waals surface area contributed by atoms with Crippen molar-refractivity contribution in [3.63, 3.8) is 0 Å². The summed E-state index contributed by atoms with van der Waals surface area (Å²) in [4.78, 5) is 11.3. The molecule has 1 aromatic carbocycles. The number of hydrogen-bond acceptors (Lipinski definition) is 4. The van der Waals surface area contributed by atoms with Crippen LogP contribution in [0, 0.1) is 5.92 Å². The topological polar surface area (TPSA) is 47.6 Å². The highest BCUT2D eigenvalue weighted by Crippen LogP contribution is 2.28. The van der Waals surface area contributed by atoms with E-state index in [0.29, 0.717) is 5.56 Å². The molecule has 1 fully saturated rings. The van der Waals surface area contributed by atoms with Gasteiger partial charge in [0.25, 0.3) is 0 Å². The Morgan fingerprint density at radius 1 is 1.30 bits per heavy atom. The number of methoxy groups -OCH3 is 1. The van der Waals surface area contributed by atoms with Crippen LogP contribution in [0.3, 0.4) is 0 Å². The van der Waals surface area contributed by atoms with E-state index >= 15 is 0 Å². The standard InChI is InChI=1S/C16H23NO3/c1-19-16(18)15-7-5-13(6-8-15)11-17-9-2-10-20-12-14-3-4-14/h5-8,14,17H,2-4,9-12H2,1H3. The van der Waals surface area contributed by atoms with Gasteiger partial charge in [0.15, 0.2) is 0 Å². The lowest BCUT2D eigenvalue weighted by molar-refractivity contribution is 0.0600. The molecule has 1 aromatic rings. The van der Waals surface area contributed by atoms with E-state index in [1.165, 1.54) is 20.0 Å². The lowest BCUT2D eigenvalue weighted by Gasteiger charge is -2.06. The summed E-state index contributed by atoms with van der Waals surface area (Å²) in [5.74, 6) is 0.550. The van der Waals surface area contributed by atoms with Crippen LogP contribution in [0.25, 0.3) is 0 Å². The zero-order chi connectivity index (χ0) is 14.2. The van der Waals surface area contributed by atoms with Gasteiger partial charge in [0.2, 0.25) is 0 Å². The van der Waals surface area contributed by atoms with Crippen molar-refractivity contribution in [2.45, 2.75) is 25.8 Å². The fourth-order valence-electron chi connectivity index (χ4n) is 1.94. The van der Waals surface area contributed by atoms with Gasteiger partial charge < -0.3 is 14.8 Å². The molecule has 0 amide bonds. The van der Waals surface area contributed by atoms with Gasteiger partial charge in [0, 0.05) is 19.8 Å². The summed E-state index contributed by atoms with van der Waals surface area (Å²) in [5.41, 5.74) is 1.75. The molecule has 110 valence electrons. The Morgan fingerprint density at radius 2 is 2.05 bits per heavy atom. The van der Waals surface area contributed by atoms with E-state index < -0.39 is 0 Å². The van der Waals surface area contributed by atoms with E-state index in [0.717, 1.165) is 44.2 Å². The Bertz CT molecular complexity index is 412. The number of nitrogens with one attached hydrogen (secondary N) is 1. The Kier molecular flexibility index (Phi) is 6.02. The van der Waals surface area contributed by atoms with Gasteiger partial charge in [0.05, 0.1) is 12.7 Å². The van der Waals surface area contributed by atoms with Gasteiger partial charge in [-0.1, -0.05) is 12.1 Å². The maximum Gasteiger partial charge on any atom is 0.337 e. The van der Waals surface area contributed by atoms with Gasteiger partial charge in [-0.25, -0.2) is 4.79 Å². The minimum Gasteiger partial charge on any atom is -0.465 e. The predicted molar refractivity (Wildman–Crippen MR) is 77.6 cm³/mol. The zero-order valence-electron chi connectivity index (χ0n) is 12.1.